The summed E-state index contributed by atoms with van der Waals surface area (Å²) in [6.07, 6.45) is 1.96. The van der Waals surface area contributed by atoms with Crippen LogP contribution in [0.2, 0.25) is 0 Å². The Balaban J connectivity index is 2.30. The fraction of sp³-hybridized carbons (Fsp3) is 0.455. The van der Waals surface area contributed by atoms with Crippen molar-refractivity contribution in [1.82, 2.24) is 0 Å². The first kappa shape index (κ1) is 11.4. The summed E-state index contributed by atoms with van der Waals surface area (Å²) in [6, 6.07) is 7.21. The maximum atomic E-state index is 11.1. The molecule has 1 aliphatic rings. The average molecular weight is 242 g/mol. The van der Waals surface area contributed by atoms with Gasteiger partial charge in [0.1, 0.15) is 5.75 Å². The predicted octanol–water partition coefficient (Wildman–Crippen LogP) is 1.53. The van der Waals surface area contributed by atoms with Gasteiger partial charge < -0.3 is 8.92 Å². The highest BCUT2D eigenvalue weighted by molar-refractivity contribution is 7.86. The molecule has 1 fully saturated rings. The molecule has 88 valence electrons. The Labute approximate surface area is 95.3 Å². The number of ether oxygens (including phenoxy) is 1. The third-order valence-corrected chi connectivity index (χ3v) is 3.01. The number of benzene rings is 1. The Morgan fingerprint density at radius 3 is 2.75 bits per heavy atom. The Kier molecular flexibility index (Phi) is 3.16. The molecule has 1 saturated heterocycles. The molecular formula is C11H14O4S. The van der Waals surface area contributed by atoms with Crippen molar-refractivity contribution >= 4 is 10.1 Å². The Morgan fingerprint density at radius 2 is 2.12 bits per heavy atom. The van der Waals surface area contributed by atoms with Crippen molar-refractivity contribution in [3.05, 3.63) is 29.8 Å². The van der Waals surface area contributed by atoms with Crippen LogP contribution >= 0.6 is 0 Å². The lowest BCUT2D eigenvalue weighted by Crippen LogP contribution is -2.09. The van der Waals surface area contributed by atoms with E-state index >= 15 is 0 Å². The summed E-state index contributed by atoms with van der Waals surface area (Å²) in [5.41, 5.74) is 0.908. The van der Waals surface area contributed by atoms with Gasteiger partial charge in [0.25, 0.3) is 0 Å². The molecule has 0 saturated carbocycles. The average Bonchev–Trinajstić information content (AvgIpc) is 2.69. The van der Waals surface area contributed by atoms with Gasteiger partial charge in [0.15, 0.2) is 0 Å². The van der Waals surface area contributed by atoms with Gasteiger partial charge in [-0.3, -0.25) is 0 Å². The van der Waals surface area contributed by atoms with Crippen LogP contribution in [-0.2, 0) is 14.9 Å². The van der Waals surface area contributed by atoms with Crippen LogP contribution in [0.4, 0.5) is 0 Å². The van der Waals surface area contributed by atoms with Gasteiger partial charge in [-0.2, -0.15) is 8.42 Å². The van der Waals surface area contributed by atoms with E-state index < -0.39 is 10.1 Å². The standard InChI is InChI=1S/C11H14O4S/c1-16(12,13)15-11-5-3-2-4-10(11)9-6-7-14-8-9/h2-5,9H,6-8H2,1H3. The van der Waals surface area contributed by atoms with Crippen LogP contribution in [0.15, 0.2) is 24.3 Å². The van der Waals surface area contributed by atoms with E-state index in [0.29, 0.717) is 12.4 Å². The summed E-state index contributed by atoms with van der Waals surface area (Å²) in [5.74, 6) is 0.651. The van der Waals surface area contributed by atoms with E-state index in [9.17, 15) is 8.42 Å². The van der Waals surface area contributed by atoms with E-state index in [4.69, 9.17) is 8.92 Å². The van der Waals surface area contributed by atoms with Crippen LogP contribution < -0.4 is 4.18 Å². The third kappa shape index (κ3) is 2.74. The van der Waals surface area contributed by atoms with Crippen LogP contribution in [0.1, 0.15) is 17.9 Å². The molecule has 1 heterocycles. The lowest BCUT2D eigenvalue weighted by molar-refractivity contribution is 0.193. The zero-order chi connectivity index (χ0) is 11.6. The van der Waals surface area contributed by atoms with Gasteiger partial charge in [-0.15, -0.1) is 0 Å². The summed E-state index contributed by atoms with van der Waals surface area (Å²) in [4.78, 5) is 0. The predicted molar refractivity (Wildman–Crippen MR) is 60.1 cm³/mol. The lowest BCUT2D eigenvalue weighted by atomic mass is 9.98. The molecule has 0 spiro atoms. The molecule has 0 bridgehead atoms. The van der Waals surface area contributed by atoms with Crippen LogP contribution in [0, 0.1) is 0 Å². The van der Waals surface area contributed by atoms with Crippen LogP contribution in [0.5, 0.6) is 5.75 Å². The highest BCUT2D eigenvalue weighted by atomic mass is 32.2. The number of rotatable bonds is 3. The molecule has 0 amide bonds. The molecule has 1 unspecified atom stereocenters. The van der Waals surface area contributed by atoms with Gasteiger partial charge in [-0.25, -0.2) is 0 Å². The topological polar surface area (TPSA) is 52.6 Å². The van der Waals surface area contributed by atoms with E-state index in [1.807, 2.05) is 12.1 Å². The minimum Gasteiger partial charge on any atom is -0.382 e. The Morgan fingerprint density at radius 1 is 1.38 bits per heavy atom. The molecule has 1 aromatic rings. The quantitative estimate of drug-likeness (QED) is 0.754. The van der Waals surface area contributed by atoms with Crippen LogP contribution in [0.3, 0.4) is 0 Å². The van der Waals surface area contributed by atoms with Gasteiger partial charge in [-0.05, 0) is 12.5 Å². The Hall–Kier alpha value is -1.07. The van der Waals surface area contributed by atoms with E-state index in [1.54, 1.807) is 12.1 Å². The number of hydrogen-bond acceptors (Lipinski definition) is 4. The van der Waals surface area contributed by atoms with Crippen molar-refractivity contribution in [2.75, 3.05) is 19.5 Å². The first-order valence-electron chi connectivity index (χ1n) is 5.12. The molecule has 5 heteroatoms. The molecule has 16 heavy (non-hydrogen) atoms. The molecule has 0 radical (unpaired) electrons. The first-order valence-corrected chi connectivity index (χ1v) is 6.94. The van der Waals surface area contributed by atoms with Gasteiger partial charge in [0, 0.05) is 18.1 Å². The third-order valence-electron chi connectivity index (χ3n) is 2.53. The SMILES string of the molecule is CS(=O)(=O)Oc1ccccc1C1CCOC1. The van der Waals surface area contributed by atoms with E-state index in [-0.39, 0.29) is 5.92 Å². The molecule has 2 rings (SSSR count). The van der Waals surface area contributed by atoms with Crippen molar-refractivity contribution < 1.29 is 17.3 Å². The molecule has 0 N–H and O–H groups in total. The summed E-state index contributed by atoms with van der Waals surface area (Å²) in [5, 5.41) is 0. The van der Waals surface area contributed by atoms with Crippen molar-refractivity contribution in [2.24, 2.45) is 0 Å². The van der Waals surface area contributed by atoms with Gasteiger partial charge >= 0.3 is 10.1 Å². The highest BCUT2D eigenvalue weighted by Gasteiger charge is 2.22. The minimum atomic E-state index is -3.47. The summed E-state index contributed by atoms with van der Waals surface area (Å²) in [7, 11) is -3.47. The molecule has 0 aliphatic carbocycles. The van der Waals surface area contributed by atoms with Crippen molar-refractivity contribution in [3.8, 4) is 5.75 Å². The van der Waals surface area contributed by atoms with Crippen molar-refractivity contribution in [1.29, 1.82) is 0 Å². The normalized spacial score (nSPS) is 20.9. The molecule has 1 aromatic carbocycles. The second-order valence-corrected chi connectivity index (χ2v) is 5.46. The first-order chi connectivity index (χ1) is 7.56. The number of hydrogen-bond donors (Lipinski definition) is 0. The smallest absolute Gasteiger partial charge is 0.306 e. The van der Waals surface area contributed by atoms with Gasteiger partial charge in [-0.1, -0.05) is 18.2 Å². The van der Waals surface area contributed by atoms with Crippen LogP contribution in [0.25, 0.3) is 0 Å². The molecular weight excluding hydrogens is 228 g/mol. The van der Waals surface area contributed by atoms with Crippen molar-refractivity contribution in [2.45, 2.75) is 12.3 Å². The second-order valence-electron chi connectivity index (χ2n) is 3.89. The summed E-state index contributed by atoms with van der Waals surface area (Å²) in [6.45, 7) is 1.35. The maximum absolute atomic E-state index is 11.1. The lowest BCUT2D eigenvalue weighted by Gasteiger charge is -2.13. The number of para-hydroxylation sites is 1. The van der Waals surface area contributed by atoms with Gasteiger partial charge in [0.2, 0.25) is 0 Å². The minimum absolute atomic E-state index is 0.234. The van der Waals surface area contributed by atoms with E-state index in [2.05, 4.69) is 0 Å². The van der Waals surface area contributed by atoms with Gasteiger partial charge in [0.05, 0.1) is 12.9 Å². The fourth-order valence-electron chi connectivity index (χ4n) is 1.84. The van der Waals surface area contributed by atoms with E-state index in [0.717, 1.165) is 24.8 Å². The van der Waals surface area contributed by atoms with Crippen LogP contribution in [-0.4, -0.2) is 27.9 Å². The molecule has 1 atom stereocenters. The summed E-state index contributed by atoms with van der Waals surface area (Å²) >= 11 is 0. The largest absolute Gasteiger partial charge is 0.382 e. The molecule has 4 nitrogen and oxygen atoms in total. The second kappa shape index (κ2) is 4.43. The monoisotopic (exact) mass is 242 g/mol. The zero-order valence-electron chi connectivity index (χ0n) is 9.05. The van der Waals surface area contributed by atoms with Crippen molar-refractivity contribution in [3.63, 3.8) is 0 Å². The molecule has 0 aromatic heterocycles. The molecule has 1 aliphatic heterocycles. The maximum Gasteiger partial charge on any atom is 0.306 e. The highest BCUT2D eigenvalue weighted by Crippen LogP contribution is 2.32. The van der Waals surface area contributed by atoms with E-state index in [1.165, 1.54) is 0 Å². The summed E-state index contributed by atoms with van der Waals surface area (Å²) < 4.78 is 32.5. The Bertz CT molecular complexity index is 461. The zero-order valence-corrected chi connectivity index (χ0v) is 9.87. The fourth-order valence-corrected chi connectivity index (χ4v) is 2.31.